The Bertz CT molecular complexity index is 476. The summed E-state index contributed by atoms with van der Waals surface area (Å²) in [7, 11) is 5.52. The minimum Gasteiger partial charge on any atom is -0.375 e. The van der Waals surface area contributed by atoms with Gasteiger partial charge in [0.05, 0.1) is 12.2 Å². The topological polar surface area (TPSA) is 49.8 Å². The van der Waals surface area contributed by atoms with Crippen LogP contribution in [0.5, 0.6) is 0 Å². The smallest absolute Gasteiger partial charge is 0.193 e. The molecule has 0 aromatic carbocycles. The Morgan fingerprint density at radius 1 is 1.59 bits per heavy atom. The van der Waals surface area contributed by atoms with Crippen molar-refractivity contribution < 1.29 is 4.74 Å². The lowest BCUT2D eigenvalue weighted by Gasteiger charge is -2.21. The third-order valence-electron chi connectivity index (χ3n) is 3.07. The number of nitrogens with one attached hydrogen (secondary N) is 1. The van der Waals surface area contributed by atoms with E-state index in [4.69, 9.17) is 4.74 Å². The summed E-state index contributed by atoms with van der Waals surface area (Å²) in [5.41, 5.74) is 1.04. The number of ether oxygens (including phenoxy) is 1. The van der Waals surface area contributed by atoms with E-state index in [1.165, 1.54) is 0 Å². The third kappa shape index (κ3) is 7.06. The maximum absolute atomic E-state index is 5.29. The highest BCUT2D eigenvalue weighted by Crippen LogP contribution is 2.20. The van der Waals surface area contributed by atoms with E-state index in [2.05, 4.69) is 37.7 Å². The van der Waals surface area contributed by atoms with Crippen molar-refractivity contribution in [2.24, 2.45) is 4.99 Å². The van der Waals surface area contributed by atoms with Gasteiger partial charge < -0.3 is 15.0 Å². The quantitative estimate of drug-likeness (QED) is 0.233. The molecule has 0 saturated heterocycles. The Morgan fingerprint density at radius 2 is 2.32 bits per heavy atom. The van der Waals surface area contributed by atoms with Crippen molar-refractivity contribution in [1.29, 1.82) is 0 Å². The summed E-state index contributed by atoms with van der Waals surface area (Å²) in [6.45, 7) is 5.65. The summed E-state index contributed by atoms with van der Waals surface area (Å²) < 4.78 is 5.29. The lowest BCUT2D eigenvalue weighted by molar-refractivity contribution is 0.119. The van der Waals surface area contributed by atoms with E-state index >= 15 is 0 Å². The van der Waals surface area contributed by atoms with Gasteiger partial charge in [0.2, 0.25) is 0 Å². The second kappa shape index (κ2) is 11.8. The number of hydrogen-bond donors (Lipinski definition) is 1. The van der Waals surface area contributed by atoms with Crippen molar-refractivity contribution in [2.75, 3.05) is 27.7 Å². The SMILES string of the molecule is C/C=C/CCNC(=NC)N(C)Cc1csc(C(C)OC)n1.I. The maximum Gasteiger partial charge on any atom is 0.193 e. The van der Waals surface area contributed by atoms with Crippen molar-refractivity contribution in [2.45, 2.75) is 32.9 Å². The van der Waals surface area contributed by atoms with Crippen LogP contribution in [0.4, 0.5) is 0 Å². The lowest BCUT2D eigenvalue weighted by Crippen LogP contribution is -2.38. The van der Waals surface area contributed by atoms with Crippen molar-refractivity contribution >= 4 is 41.3 Å². The zero-order chi connectivity index (χ0) is 15.7. The van der Waals surface area contributed by atoms with Gasteiger partial charge in [-0.15, -0.1) is 35.3 Å². The van der Waals surface area contributed by atoms with Crippen LogP contribution in [0.3, 0.4) is 0 Å². The monoisotopic (exact) mass is 438 g/mol. The minimum absolute atomic E-state index is 0. The first-order chi connectivity index (χ1) is 10.1. The molecule has 0 fully saturated rings. The molecule has 22 heavy (non-hydrogen) atoms. The molecule has 0 saturated carbocycles. The zero-order valence-corrected chi connectivity index (χ0v) is 17.1. The van der Waals surface area contributed by atoms with Crippen LogP contribution in [-0.4, -0.2) is 43.6 Å². The first-order valence-electron chi connectivity index (χ1n) is 7.12. The van der Waals surface area contributed by atoms with Crippen LogP contribution >= 0.6 is 35.3 Å². The fourth-order valence-corrected chi connectivity index (χ4v) is 2.66. The van der Waals surface area contributed by atoms with Crippen molar-refractivity contribution in [3.05, 3.63) is 28.2 Å². The predicted molar refractivity (Wildman–Crippen MR) is 105 cm³/mol. The van der Waals surface area contributed by atoms with Gasteiger partial charge in [0, 0.05) is 33.1 Å². The van der Waals surface area contributed by atoms with Crippen molar-refractivity contribution in [3.63, 3.8) is 0 Å². The largest absolute Gasteiger partial charge is 0.375 e. The normalized spacial score (nSPS) is 13.0. The molecule has 1 atom stereocenters. The van der Waals surface area contributed by atoms with E-state index < -0.39 is 0 Å². The molecule has 1 heterocycles. The van der Waals surface area contributed by atoms with Gasteiger partial charge in [-0.3, -0.25) is 4.99 Å². The van der Waals surface area contributed by atoms with Gasteiger partial charge in [-0.2, -0.15) is 0 Å². The Balaban J connectivity index is 0.00000441. The van der Waals surface area contributed by atoms with E-state index in [-0.39, 0.29) is 30.1 Å². The summed E-state index contributed by atoms with van der Waals surface area (Å²) in [5.74, 6) is 0.883. The van der Waals surface area contributed by atoms with E-state index in [1.54, 1.807) is 25.5 Å². The molecule has 7 heteroatoms. The molecule has 1 aromatic heterocycles. The van der Waals surface area contributed by atoms with Crippen molar-refractivity contribution in [1.82, 2.24) is 15.2 Å². The fraction of sp³-hybridized carbons (Fsp3) is 0.600. The number of aliphatic imine (C=N–C) groups is 1. The average molecular weight is 438 g/mol. The molecule has 0 aliphatic rings. The Morgan fingerprint density at radius 3 is 2.91 bits per heavy atom. The number of hydrogen-bond acceptors (Lipinski definition) is 4. The van der Waals surface area contributed by atoms with E-state index in [9.17, 15) is 0 Å². The first kappa shape index (κ1) is 21.3. The standard InChI is InChI=1S/C15H26N4OS.HI/c1-6-7-8-9-17-15(16-3)19(4)10-13-11-21-14(18-13)12(2)20-5;/h6-7,11-12H,8-10H2,1-5H3,(H,16,17);1H/b7-6+;. The number of aromatic nitrogens is 1. The highest BCUT2D eigenvalue weighted by Gasteiger charge is 2.12. The molecule has 1 N–H and O–H groups in total. The van der Waals surface area contributed by atoms with Crippen molar-refractivity contribution in [3.8, 4) is 0 Å². The summed E-state index contributed by atoms with van der Waals surface area (Å²) in [5, 5.41) is 6.43. The molecule has 1 aromatic rings. The van der Waals surface area contributed by atoms with E-state index in [1.807, 2.05) is 20.9 Å². The van der Waals surface area contributed by atoms with Gasteiger partial charge >= 0.3 is 0 Å². The average Bonchev–Trinajstić information content (AvgIpc) is 2.95. The van der Waals surface area contributed by atoms with Crippen LogP contribution < -0.4 is 5.32 Å². The number of guanidine groups is 1. The molecule has 1 rings (SSSR count). The Kier molecular flexibility index (Phi) is 11.5. The van der Waals surface area contributed by atoms with Crippen LogP contribution in [0.15, 0.2) is 22.5 Å². The van der Waals surface area contributed by atoms with Gasteiger partial charge in [-0.1, -0.05) is 12.2 Å². The first-order valence-corrected chi connectivity index (χ1v) is 8.00. The van der Waals surface area contributed by atoms with Crippen LogP contribution in [0.1, 0.15) is 37.1 Å². The van der Waals surface area contributed by atoms with E-state index in [0.717, 1.165) is 36.2 Å². The van der Waals surface area contributed by atoms with Crippen LogP contribution in [0.25, 0.3) is 0 Å². The molecule has 0 aliphatic carbocycles. The Hall–Kier alpha value is -0.670. The number of thiazole rings is 1. The molecule has 0 radical (unpaired) electrons. The fourth-order valence-electron chi connectivity index (χ4n) is 1.82. The number of halogens is 1. The summed E-state index contributed by atoms with van der Waals surface area (Å²) in [6, 6.07) is 0. The highest BCUT2D eigenvalue weighted by molar-refractivity contribution is 14.0. The Labute approximate surface area is 154 Å². The van der Waals surface area contributed by atoms with Crippen LogP contribution in [-0.2, 0) is 11.3 Å². The zero-order valence-electron chi connectivity index (χ0n) is 14.0. The van der Waals surface area contributed by atoms with Gasteiger partial charge in [-0.25, -0.2) is 4.98 Å². The van der Waals surface area contributed by atoms with Gasteiger partial charge in [0.1, 0.15) is 11.1 Å². The van der Waals surface area contributed by atoms with Crippen LogP contribution in [0.2, 0.25) is 0 Å². The van der Waals surface area contributed by atoms with Crippen LogP contribution in [0, 0.1) is 0 Å². The molecule has 5 nitrogen and oxygen atoms in total. The maximum atomic E-state index is 5.29. The second-order valence-electron chi connectivity index (χ2n) is 4.74. The van der Waals surface area contributed by atoms with E-state index in [0.29, 0.717) is 0 Å². The molecule has 126 valence electrons. The molecule has 0 amide bonds. The second-order valence-corrected chi connectivity index (χ2v) is 5.63. The molecule has 0 spiro atoms. The minimum atomic E-state index is 0. The highest BCUT2D eigenvalue weighted by atomic mass is 127. The van der Waals surface area contributed by atoms with Gasteiger partial charge in [0.25, 0.3) is 0 Å². The molecule has 0 aliphatic heterocycles. The predicted octanol–water partition coefficient (Wildman–Crippen LogP) is 3.44. The number of methoxy groups -OCH3 is 1. The molecule has 1 unspecified atom stereocenters. The summed E-state index contributed by atoms with van der Waals surface area (Å²) >= 11 is 1.64. The summed E-state index contributed by atoms with van der Waals surface area (Å²) in [4.78, 5) is 11.0. The number of nitrogens with zero attached hydrogens (tertiary/aromatic N) is 3. The number of allylic oxidation sites excluding steroid dienone is 1. The van der Waals surface area contributed by atoms with Gasteiger partial charge in [0.15, 0.2) is 5.96 Å². The third-order valence-corrected chi connectivity index (χ3v) is 4.13. The molecular formula is C15H27IN4OS. The molecular weight excluding hydrogens is 411 g/mol. The number of rotatable bonds is 7. The lowest BCUT2D eigenvalue weighted by atomic mass is 10.4. The van der Waals surface area contributed by atoms with Gasteiger partial charge in [-0.05, 0) is 20.3 Å². The summed E-state index contributed by atoms with van der Waals surface area (Å²) in [6.07, 6.45) is 5.24. The molecule has 0 bridgehead atoms.